The second-order valence-electron chi connectivity index (χ2n) is 8.65. The Balaban J connectivity index is 1.56. The highest BCUT2D eigenvalue weighted by atomic mass is 32.2. The normalized spacial score (nSPS) is 14.6. The monoisotopic (exact) mass is 509 g/mol. The lowest BCUT2D eigenvalue weighted by Crippen LogP contribution is -2.49. The number of nitrogens with zero attached hydrogens (tertiary/aromatic N) is 3. The molecule has 1 heterocycles. The Kier molecular flexibility index (Phi) is 7.40. The maximum absolute atomic E-state index is 14.9. The summed E-state index contributed by atoms with van der Waals surface area (Å²) in [5.74, 6) is -0.619. The first kappa shape index (κ1) is 25.4. The first-order valence-electron chi connectivity index (χ1n) is 11.5. The summed E-state index contributed by atoms with van der Waals surface area (Å²) in [6.07, 6.45) is 1.12. The molecule has 1 saturated heterocycles. The third-order valence-electron chi connectivity index (χ3n) is 6.24. The highest BCUT2D eigenvalue weighted by Crippen LogP contribution is 2.29. The molecule has 1 amide bonds. The van der Waals surface area contributed by atoms with Crippen LogP contribution in [0.4, 0.5) is 10.1 Å². The summed E-state index contributed by atoms with van der Waals surface area (Å²) in [7, 11) is -2.05. The number of anilines is 1. The summed E-state index contributed by atoms with van der Waals surface area (Å²) in [6.45, 7) is 3.38. The molecule has 0 aliphatic carbocycles. The molecule has 0 unspecified atom stereocenters. The number of hydrogen-bond acceptors (Lipinski definition) is 6. The van der Waals surface area contributed by atoms with Gasteiger partial charge in [0, 0.05) is 43.6 Å². The molecular formula is C27H28FN3O4S. The quantitative estimate of drug-likeness (QED) is 0.367. The number of hydrogen-bond donors (Lipinski definition) is 0. The van der Waals surface area contributed by atoms with Crippen molar-refractivity contribution in [1.29, 1.82) is 0 Å². The van der Waals surface area contributed by atoms with Crippen LogP contribution in [0.15, 0.2) is 76.8 Å². The Morgan fingerprint density at radius 1 is 0.972 bits per heavy atom. The van der Waals surface area contributed by atoms with Crippen molar-refractivity contribution in [3.63, 3.8) is 0 Å². The van der Waals surface area contributed by atoms with Crippen molar-refractivity contribution in [3.8, 4) is 11.1 Å². The average Bonchev–Trinajstić information content (AvgIpc) is 2.88. The average molecular weight is 510 g/mol. The smallest absolute Gasteiger partial charge is 0.254 e. The molecule has 1 aliphatic rings. The van der Waals surface area contributed by atoms with Gasteiger partial charge in [-0.1, -0.05) is 47.6 Å². The first-order valence-corrected chi connectivity index (χ1v) is 13.4. The zero-order valence-corrected chi connectivity index (χ0v) is 21.3. The number of piperazine rings is 1. The van der Waals surface area contributed by atoms with Crippen LogP contribution in [-0.4, -0.2) is 64.5 Å². The minimum atomic E-state index is -3.49. The van der Waals surface area contributed by atoms with Gasteiger partial charge in [-0.3, -0.25) is 4.79 Å². The molecular weight excluding hydrogens is 481 g/mol. The van der Waals surface area contributed by atoms with Crippen LogP contribution in [0.1, 0.15) is 22.8 Å². The lowest BCUT2D eigenvalue weighted by Gasteiger charge is -2.36. The molecule has 0 atom stereocenters. The Morgan fingerprint density at radius 3 is 2.28 bits per heavy atom. The van der Waals surface area contributed by atoms with Crippen LogP contribution < -0.4 is 4.90 Å². The van der Waals surface area contributed by atoms with E-state index in [1.165, 1.54) is 25.3 Å². The fraction of sp³-hybridized carbons (Fsp3) is 0.259. The lowest BCUT2D eigenvalue weighted by molar-refractivity contribution is 0.0747. The van der Waals surface area contributed by atoms with Crippen molar-refractivity contribution in [1.82, 2.24) is 4.90 Å². The van der Waals surface area contributed by atoms with E-state index >= 15 is 0 Å². The highest BCUT2D eigenvalue weighted by molar-refractivity contribution is 7.90. The summed E-state index contributed by atoms with van der Waals surface area (Å²) in [5, 5.41) is 3.84. The molecule has 9 heteroatoms. The van der Waals surface area contributed by atoms with E-state index in [1.54, 1.807) is 30.0 Å². The molecule has 0 N–H and O–H groups in total. The predicted molar refractivity (Wildman–Crippen MR) is 139 cm³/mol. The van der Waals surface area contributed by atoms with Gasteiger partial charge in [0.25, 0.3) is 5.91 Å². The van der Waals surface area contributed by atoms with Crippen molar-refractivity contribution >= 4 is 27.1 Å². The molecule has 188 valence electrons. The zero-order valence-electron chi connectivity index (χ0n) is 20.4. The van der Waals surface area contributed by atoms with Crippen molar-refractivity contribution in [2.75, 3.05) is 44.4 Å². The van der Waals surface area contributed by atoms with Crippen LogP contribution in [0.2, 0.25) is 0 Å². The molecule has 0 spiro atoms. The van der Waals surface area contributed by atoms with E-state index in [0.717, 1.165) is 11.8 Å². The molecule has 0 bridgehead atoms. The standard InChI is InChI=1S/C27H28FN3O4S/c1-19(29-35-2)21-9-12-26(25(28)17-21)30-13-15-31(16-14-30)27(32)24-18-22(36(3,33)34)10-11-23(24)20-7-5-4-6-8-20/h4-12,17-18H,13-16H2,1-3H3/b29-19+. The van der Waals surface area contributed by atoms with Crippen LogP contribution in [0, 0.1) is 5.82 Å². The van der Waals surface area contributed by atoms with E-state index in [9.17, 15) is 17.6 Å². The summed E-state index contributed by atoms with van der Waals surface area (Å²) >= 11 is 0. The minimum absolute atomic E-state index is 0.0960. The molecule has 1 fully saturated rings. The topological polar surface area (TPSA) is 79.3 Å². The van der Waals surface area contributed by atoms with Crippen molar-refractivity contribution in [3.05, 3.63) is 83.7 Å². The van der Waals surface area contributed by atoms with E-state index in [-0.39, 0.29) is 16.6 Å². The molecule has 0 saturated carbocycles. The zero-order chi connectivity index (χ0) is 25.9. The number of oxime groups is 1. The molecule has 1 aliphatic heterocycles. The van der Waals surface area contributed by atoms with Gasteiger partial charge in [-0.15, -0.1) is 0 Å². The Labute approximate surface area is 210 Å². The van der Waals surface area contributed by atoms with Crippen LogP contribution in [-0.2, 0) is 14.7 Å². The molecule has 0 aromatic heterocycles. The van der Waals surface area contributed by atoms with Crippen molar-refractivity contribution in [2.45, 2.75) is 11.8 Å². The van der Waals surface area contributed by atoms with Gasteiger partial charge < -0.3 is 14.6 Å². The Bertz CT molecular complexity index is 1400. The van der Waals surface area contributed by atoms with Gasteiger partial charge in [0.2, 0.25) is 0 Å². The van der Waals surface area contributed by atoms with E-state index in [4.69, 9.17) is 4.84 Å². The SMILES string of the molecule is CO/N=C(\C)c1ccc(N2CCN(C(=O)c3cc(S(C)(=O)=O)ccc3-c3ccccc3)CC2)c(F)c1. The van der Waals surface area contributed by atoms with Gasteiger partial charge in [-0.05, 0) is 42.3 Å². The number of rotatable bonds is 6. The van der Waals surface area contributed by atoms with Crippen molar-refractivity contribution < 1.29 is 22.4 Å². The molecule has 0 radical (unpaired) electrons. The molecule has 4 rings (SSSR count). The van der Waals surface area contributed by atoms with Gasteiger partial charge in [-0.2, -0.15) is 0 Å². The first-order chi connectivity index (χ1) is 17.2. The van der Waals surface area contributed by atoms with Crippen LogP contribution in [0.5, 0.6) is 0 Å². The fourth-order valence-electron chi connectivity index (χ4n) is 4.30. The number of halogens is 1. The third kappa shape index (κ3) is 5.41. The van der Waals surface area contributed by atoms with Gasteiger partial charge >= 0.3 is 0 Å². The second-order valence-corrected chi connectivity index (χ2v) is 10.7. The van der Waals surface area contributed by atoms with E-state index in [1.807, 2.05) is 35.2 Å². The van der Waals surface area contributed by atoms with Gasteiger partial charge in [0.15, 0.2) is 9.84 Å². The number of sulfone groups is 1. The van der Waals surface area contributed by atoms with E-state index < -0.39 is 9.84 Å². The minimum Gasteiger partial charge on any atom is -0.399 e. The summed E-state index contributed by atoms with van der Waals surface area (Å²) in [5.41, 5.74) is 3.50. The fourth-order valence-corrected chi connectivity index (χ4v) is 4.95. The number of amides is 1. The molecule has 36 heavy (non-hydrogen) atoms. The third-order valence-corrected chi connectivity index (χ3v) is 7.35. The van der Waals surface area contributed by atoms with Gasteiger partial charge in [-0.25, -0.2) is 12.8 Å². The van der Waals surface area contributed by atoms with Crippen LogP contribution in [0.25, 0.3) is 11.1 Å². The van der Waals surface area contributed by atoms with Gasteiger partial charge in [0.05, 0.1) is 16.3 Å². The summed E-state index contributed by atoms with van der Waals surface area (Å²) in [4.78, 5) is 22.0. The van der Waals surface area contributed by atoms with Gasteiger partial charge in [0.1, 0.15) is 12.9 Å². The predicted octanol–water partition coefficient (Wildman–Crippen LogP) is 4.23. The Morgan fingerprint density at radius 2 is 1.67 bits per heavy atom. The number of carbonyl (C=O) groups excluding carboxylic acids is 1. The van der Waals surface area contributed by atoms with Crippen LogP contribution in [0.3, 0.4) is 0 Å². The lowest BCUT2D eigenvalue weighted by atomic mass is 9.98. The van der Waals surface area contributed by atoms with E-state index in [0.29, 0.717) is 54.3 Å². The van der Waals surface area contributed by atoms with E-state index in [2.05, 4.69) is 5.16 Å². The largest absolute Gasteiger partial charge is 0.399 e. The maximum atomic E-state index is 14.9. The highest BCUT2D eigenvalue weighted by Gasteiger charge is 2.26. The molecule has 3 aromatic rings. The number of carbonyl (C=O) groups is 1. The summed E-state index contributed by atoms with van der Waals surface area (Å²) in [6, 6.07) is 19.0. The van der Waals surface area contributed by atoms with Crippen molar-refractivity contribution in [2.24, 2.45) is 5.16 Å². The van der Waals surface area contributed by atoms with Crippen LogP contribution >= 0.6 is 0 Å². The summed E-state index contributed by atoms with van der Waals surface area (Å²) < 4.78 is 39.2. The Hall–Kier alpha value is -3.72. The number of benzene rings is 3. The molecule has 3 aromatic carbocycles. The molecule has 7 nitrogen and oxygen atoms in total. The second kappa shape index (κ2) is 10.5. The maximum Gasteiger partial charge on any atom is 0.254 e.